The molecule has 0 spiro atoms. The number of nitrogens with zero attached hydrogens (tertiary/aromatic N) is 1. The molecule has 0 aliphatic carbocycles. The number of aliphatic carboxylic acids is 1. The van der Waals surface area contributed by atoms with Gasteiger partial charge in [-0.3, -0.25) is 9.78 Å². The maximum Gasteiger partial charge on any atom is 0.322 e. The predicted octanol–water partition coefficient (Wildman–Crippen LogP) is -0.507. The van der Waals surface area contributed by atoms with Crippen LogP contribution in [-0.4, -0.2) is 22.1 Å². The van der Waals surface area contributed by atoms with Crippen LogP contribution in [0.15, 0.2) is 24.5 Å². The smallest absolute Gasteiger partial charge is 0.322 e. The fourth-order valence-electron chi connectivity index (χ4n) is 0.934. The largest absolute Gasteiger partial charge is 0.480 e. The van der Waals surface area contributed by atoms with E-state index in [1.165, 1.54) is 6.20 Å². The molecule has 13 heavy (non-hydrogen) atoms. The van der Waals surface area contributed by atoms with Gasteiger partial charge in [-0.1, -0.05) is 6.07 Å². The summed E-state index contributed by atoms with van der Waals surface area (Å²) in [7, 11) is 0. The number of pyridine rings is 1. The number of carbonyl (C=O) groups is 1. The average Bonchev–Trinajstić information content (AvgIpc) is 2.17. The number of aromatic nitrogens is 1. The lowest BCUT2D eigenvalue weighted by molar-refractivity contribution is -0.139. The molecule has 5 N–H and O–H groups in total. The van der Waals surface area contributed by atoms with E-state index in [2.05, 4.69) is 4.98 Å². The standard InChI is InChI=1S/C8H11N3O2/c9-6(7(10)8(12)13)5-2-1-3-11-4-5/h1-4,6-7H,9-10H2,(H,12,13). The lowest BCUT2D eigenvalue weighted by Crippen LogP contribution is -2.40. The minimum Gasteiger partial charge on any atom is -0.480 e. The average molecular weight is 181 g/mol. The van der Waals surface area contributed by atoms with Crippen molar-refractivity contribution in [3.63, 3.8) is 0 Å². The molecule has 1 aromatic heterocycles. The van der Waals surface area contributed by atoms with Gasteiger partial charge in [0.25, 0.3) is 0 Å². The van der Waals surface area contributed by atoms with E-state index in [1.54, 1.807) is 18.3 Å². The molecule has 5 nitrogen and oxygen atoms in total. The molecule has 0 bridgehead atoms. The highest BCUT2D eigenvalue weighted by Gasteiger charge is 2.21. The first-order chi connectivity index (χ1) is 6.13. The van der Waals surface area contributed by atoms with Gasteiger partial charge in [0.05, 0.1) is 6.04 Å². The molecule has 1 rings (SSSR count). The van der Waals surface area contributed by atoms with Crippen LogP contribution in [0, 0.1) is 0 Å². The summed E-state index contributed by atoms with van der Waals surface area (Å²) in [6.07, 6.45) is 3.09. The van der Waals surface area contributed by atoms with Gasteiger partial charge < -0.3 is 16.6 Å². The Kier molecular flexibility index (Phi) is 2.94. The van der Waals surface area contributed by atoms with Gasteiger partial charge in [0.2, 0.25) is 0 Å². The number of hydrogen-bond donors (Lipinski definition) is 3. The van der Waals surface area contributed by atoms with Crippen molar-refractivity contribution in [3.05, 3.63) is 30.1 Å². The van der Waals surface area contributed by atoms with Crippen molar-refractivity contribution in [2.24, 2.45) is 11.5 Å². The SMILES string of the molecule is NC(C(=O)O)C(N)c1cccnc1. The van der Waals surface area contributed by atoms with Crippen molar-refractivity contribution in [2.45, 2.75) is 12.1 Å². The molecule has 5 heteroatoms. The van der Waals surface area contributed by atoms with Crippen molar-refractivity contribution < 1.29 is 9.90 Å². The second kappa shape index (κ2) is 3.97. The van der Waals surface area contributed by atoms with Crippen molar-refractivity contribution in [3.8, 4) is 0 Å². The van der Waals surface area contributed by atoms with Crippen LogP contribution in [0.25, 0.3) is 0 Å². The zero-order valence-electron chi connectivity index (χ0n) is 6.92. The first-order valence-electron chi connectivity index (χ1n) is 3.77. The molecule has 2 atom stereocenters. The van der Waals surface area contributed by atoms with Crippen LogP contribution in [0.3, 0.4) is 0 Å². The Hall–Kier alpha value is -1.46. The summed E-state index contributed by atoms with van der Waals surface area (Å²) < 4.78 is 0. The molecular formula is C8H11N3O2. The van der Waals surface area contributed by atoms with Gasteiger partial charge in [-0.2, -0.15) is 0 Å². The van der Waals surface area contributed by atoms with E-state index in [1.807, 2.05) is 0 Å². The molecule has 0 fully saturated rings. The highest BCUT2D eigenvalue weighted by atomic mass is 16.4. The van der Waals surface area contributed by atoms with Gasteiger partial charge in [-0.25, -0.2) is 0 Å². The Morgan fingerprint density at radius 2 is 2.23 bits per heavy atom. The second-order valence-electron chi connectivity index (χ2n) is 2.68. The van der Waals surface area contributed by atoms with Crippen molar-refractivity contribution in [2.75, 3.05) is 0 Å². The maximum atomic E-state index is 10.5. The van der Waals surface area contributed by atoms with E-state index >= 15 is 0 Å². The summed E-state index contributed by atoms with van der Waals surface area (Å²) in [6, 6.07) is 1.57. The first kappa shape index (κ1) is 9.63. The van der Waals surface area contributed by atoms with Crippen LogP contribution < -0.4 is 11.5 Å². The monoisotopic (exact) mass is 181 g/mol. The Morgan fingerprint density at radius 3 is 2.69 bits per heavy atom. The summed E-state index contributed by atoms with van der Waals surface area (Å²) in [6.45, 7) is 0. The minimum absolute atomic E-state index is 0.623. The third-order valence-corrected chi connectivity index (χ3v) is 1.74. The Morgan fingerprint density at radius 1 is 1.54 bits per heavy atom. The third kappa shape index (κ3) is 2.24. The zero-order valence-corrected chi connectivity index (χ0v) is 6.92. The molecule has 2 unspecified atom stereocenters. The summed E-state index contributed by atoms with van der Waals surface area (Å²) in [5.41, 5.74) is 11.6. The van der Waals surface area contributed by atoms with Gasteiger partial charge >= 0.3 is 5.97 Å². The highest BCUT2D eigenvalue weighted by molar-refractivity contribution is 5.74. The molecule has 1 aromatic rings. The molecule has 0 aromatic carbocycles. The summed E-state index contributed by atoms with van der Waals surface area (Å²) >= 11 is 0. The van der Waals surface area contributed by atoms with Gasteiger partial charge in [-0.05, 0) is 11.6 Å². The van der Waals surface area contributed by atoms with Crippen LogP contribution >= 0.6 is 0 Å². The second-order valence-corrected chi connectivity index (χ2v) is 2.68. The van der Waals surface area contributed by atoms with E-state index in [-0.39, 0.29) is 0 Å². The van der Waals surface area contributed by atoms with Crippen LogP contribution in [0.2, 0.25) is 0 Å². The number of nitrogens with two attached hydrogens (primary N) is 2. The Labute approximate surface area is 75.4 Å². The molecular weight excluding hydrogens is 170 g/mol. The topological polar surface area (TPSA) is 102 Å². The van der Waals surface area contributed by atoms with Gasteiger partial charge in [0.15, 0.2) is 0 Å². The lowest BCUT2D eigenvalue weighted by atomic mass is 10.0. The third-order valence-electron chi connectivity index (χ3n) is 1.74. The quantitative estimate of drug-likeness (QED) is 0.583. The van der Waals surface area contributed by atoms with E-state index < -0.39 is 18.1 Å². The number of hydrogen-bond acceptors (Lipinski definition) is 4. The zero-order chi connectivity index (χ0) is 9.84. The van der Waals surface area contributed by atoms with Crippen LogP contribution in [0.4, 0.5) is 0 Å². The van der Waals surface area contributed by atoms with Gasteiger partial charge in [-0.15, -0.1) is 0 Å². The fraction of sp³-hybridized carbons (Fsp3) is 0.250. The predicted molar refractivity (Wildman–Crippen MR) is 46.8 cm³/mol. The van der Waals surface area contributed by atoms with Crippen LogP contribution in [0.5, 0.6) is 0 Å². The fourth-order valence-corrected chi connectivity index (χ4v) is 0.934. The minimum atomic E-state index is -1.11. The van der Waals surface area contributed by atoms with Gasteiger partial charge in [0, 0.05) is 12.4 Å². The number of carboxylic acids is 1. The Bertz CT molecular complexity index is 289. The molecule has 0 aliphatic rings. The molecule has 0 amide bonds. The normalized spacial score (nSPS) is 14.9. The molecule has 0 saturated heterocycles. The van der Waals surface area contributed by atoms with E-state index in [0.717, 1.165) is 0 Å². The van der Waals surface area contributed by atoms with Crippen molar-refractivity contribution in [1.29, 1.82) is 0 Å². The highest BCUT2D eigenvalue weighted by Crippen LogP contribution is 2.10. The van der Waals surface area contributed by atoms with E-state index in [4.69, 9.17) is 16.6 Å². The van der Waals surface area contributed by atoms with Gasteiger partial charge in [0.1, 0.15) is 6.04 Å². The Balaban J connectivity index is 2.79. The van der Waals surface area contributed by atoms with Crippen LogP contribution in [0.1, 0.15) is 11.6 Å². The molecule has 0 aliphatic heterocycles. The van der Waals surface area contributed by atoms with E-state index in [9.17, 15) is 4.79 Å². The summed E-state index contributed by atoms with van der Waals surface area (Å²) in [5, 5.41) is 8.59. The maximum absolute atomic E-state index is 10.5. The lowest BCUT2D eigenvalue weighted by Gasteiger charge is -2.15. The van der Waals surface area contributed by atoms with Crippen molar-refractivity contribution >= 4 is 5.97 Å². The van der Waals surface area contributed by atoms with Crippen LogP contribution in [-0.2, 0) is 4.79 Å². The molecule has 1 heterocycles. The van der Waals surface area contributed by atoms with Crippen molar-refractivity contribution in [1.82, 2.24) is 4.98 Å². The summed E-state index contributed by atoms with van der Waals surface area (Å²) in [5.74, 6) is -1.11. The first-order valence-corrected chi connectivity index (χ1v) is 3.77. The molecule has 0 saturated carbocycles. The number of rotatable bonds is 3. The summed E-state index contributed by atoms with van der Waals surface area (Å²) in [4.78, 5) is 14.3. The molecule has 70 valence electrons. The molecule has 0 radical (unpaired) electrons. The van der Waals surface area contributed by atoms with E-state index in [0.29, 0.717) is 5.56 Å². The number of carboxylic acid groups (broad SMARTS) is 1.